The highest BCUT2D eigenvalue weighted by molar-refractivity contribution is 8.05. The van der Waals surface area contributed by atoms with Crippen LogP contribution in [0.1, 0.15) is 166 Å². The number of rotatable bonds is 8. The van der Waals surface area contributed by atoms with Crippen LogP contribution in [0.5, 0.6) is 0 Å². The van der Waals surface area contributed by atoms with Crippen molar-refractivity contribution < 1.29 is 0 Å². The second-order valence-electron chi connectivity index (χ2n) is 28.7. The molecule has 16 heteroatoms. The van der Waals surface area contributed by atoms with Crippen molar-refractivity contribution in [2.24, 2.45) is 0 Å². The van der Waals surface area contributed by atoms with E-state index in [1.54, 1.807) is 0 Å². The second-order valence-corrected chi connectivity index (χ2v) is 43.7. The Hall–Kier alpha value is -2.96. The molecule has 0 saturated carbocycles. The first-order valence-corrected chi connectivity index (χ1v) is 34.1. The minimum absolute atomic E-state index is 0.0521. The number of nitrogens with one attached hydrogen (secondary N) is 2. The van der Waals surface area contributed by atoms with E-state index in [1.807, 2.05) is 94.1 Å². The molecule has 2 aliphatic heterocycles. The molecule has 0 saturated heterocycles. The van der Waals surface area contributed by atoms with Crippen molar-refractivity contribution in [2.45, 2.75) is 243 Å². The molecule has 5 heterocycles. The highest BCUT2D eigenvalue weighted by Crippen LogP contribution is 2.52. The zero-order valence-corrected chi connectivity index (χ0v) is 58.1. The molecule has 0 amide bonds. The van der Waals surface area contributed by atoms with E-state index in [2.05, 4.69) is 225 Å². The predicted octanol–water partition coefficient (Wildman–Crippen LogP) is 22.0. The number of hydrogen-bond donors (Lipinski definition) is 2. The third-order valence-corrected chi connectivity index (χ3v) is 21.3. The van der Waals surface area contributed by atoms with E-state index in [0.29, 0.717) is 45.9 Å². The predicted molar refractivity (Wildman–Crippen MR) is 361 cm³/mol. The van der Waals surface area contributed by atoms with E-state index < -0.39 is 0 Å². The zero-order valence-electron chi connectivity index (χ0n) is 51.6. The summed E-state index contributed by atoms with van der Waals surface area (Å²) in [5.74, 6) is 2.40. The SMILES string of the molecule is CC(C)(C)Sc1cc2c(cc1SC(C)(C)C)-c1nc-2nc2[nH]c(nc3nc(nc4[nH]c(n1)c1cc(SC(C)(C)C)c(SC(C)(C)C)cc41)-c1cc(SC(C)(C)C)c(SC(C)(C)C)cc1-3)c1cc(SC(C)(C)C)c(SC(C)(C)C)cc21. The fraction of sp³-hybridized carbons (Fsp3) is 0.500. The van der Waals surface area contributed by atoms with Crippen LogP contribution in [0, 0.1) is 0 Å². The van der Waals surface area contributed by atoms with Crippen LogP contribution in [-0.2, 0) is 0 Å². The van der Waals surface area contributed by atoms with E-state index in [9.17, 15) is 0 Å². The van der Waals surface area contributed by atoms with Crippen molar-refractivity contribution in [2.75, 3.05) is 0 Å². The van der Waals surface area contributed by atoms with Gasteiger partial charge in [-0.1, -0.05) is 166 Å². The summed E-state index contributed by atoms with van der Waals surface area (Å²) in [6.45, 7) is 54.8. The molecule has 80 heavy (non-hydrogen) atoms. The summed E-state index contributed by atoms with van der Waals surface area (Å²) in [7, 11) is 0. The van der Waals surface area contributed by atoms with Crippen LogP contribution in [0.3, 0.4) is 0 Å². The van der Waals surface area contributed by atoms with Gasteiger partial charge >= 0.3 is 0 Å². The Kier molecular flexibility index (Phi) is 16.6. The largest absolute Gasteiger partial charge is 0.324 e. The van der Waals surface area contributed by atoms with Gasteiger partial charge in [-0.2, -0.15) is 0 Å². The molecule has 0 spiro atoms. The molecule has 8 bridgehead atoms. The number of benzene rings is 4. The van der Waals surface area contributed by atoms with E-state index in [-0.39, 0.29) is 38.0 Å². The summed E-state index contributed by atoms with van der Waals surface area (Å²) in [5.41, 5.74) is 6.52. The Balaban J connectivity index is 1.51. The first-order chi connectivity index (χ1) is 36.5. The lowest BCUT2D eigenvalue weighted by molar-refractivity contribution is 0.795. The number of aromatic amines is 2. The number of fused-ring (bicyclic) bond motifs is 20. The van der Waals surface area contributed by atoms with Crippen molar-refractivity contribution in [1.82, 2.24) is 39.9 Å². The monoisotopic (exact) mass is 1220 g/mol. The Labute approximate surface area is 511 Å². The molecular formula is C64H82N8S8. The molecule has 426 valence electrons. The molecule has 3 aromatic heterocycles. The van der Waals surface area contributed by atoms with E-state index in [4.69, 9.17) is 29.9 Å². The quantitative estimate of drug-likeness (QED) is 0.141. The molecule has 7 aromatic rings. The van der Waals surface area contributed by atoms with Gasteiger partial charge in [0.15, 0.2) is 23.3 Å². The van der Waals surface area contributed by atoms with Crippen LogP contribution in [0.4, 0.5) is 0 Å². The topological polar surface area (TPSA) is 109 Å². The summed E-state index contributed by atoms with van der Waals surface area (Å²) < 4.78 is -0.424. The molecule has 0 radical (unpaired) electrons. The maximum absolute atomic E-state index is 5.65. The van der Waals surface area contributed by atoms with Gasteiger partial charge < -0.3 is 9.97 Å². The van der Waals surface area contributed by atoms with Crippen LogP contribution in [0.15, 0.2) is 87.7 Å². The van der Waals surface area contributed by atoms with Gasteiger partial charge in [0.1, 0.15) is 22.6 Å². The molecule has 4 aromatic carbocycles. The Bertz CT molecular complexity index is 3280. The second kappa shape index (κ2) is 21.5. The molecular weight excluding hydrogens is 1140 g/mol. The van der Waals surface area contributed by atoms with Gasteiger partial charge in [0.25, 0.3) is 0 Å². The van der Waals surface area contributed by atoms with Gasteiger partial charge in [-0.25, -0.2) is 29.9 Å². The lowest BCUT2D eigenvalue weighted by atomic mass is 10.1. The lowest BCUT2D eigenvalue weighted by Crippen LogP contribution is -2.10. The summed E-state index contributed by atoms with van der Waals surface area (Å²) in [6.07, 6.45) is 0. The van der Waals surface area contributed by atoms with Gasteiger partial charge in [0.05, 0.1) is 0 Å². The van der Waals surface area contributed by atoms with Crippen molar-refractivity contribution in [3.63, 3.8) is 0 Å². The molecule has 8 nitrogen and oxygen atoms in total. The summed E-state index contributed by atoms with van der Waals surface area (Å²) in [6, 6.07) is 18.6. The molecule has 9 rings (SSSR count). The molecule has 0 aliphatic carbocycles. The van der Waals surface area contributed by atoms with Gasteiger partial charge in [-0.05, 0) is 48.5 Å². The average molecular weight is 1220 g/mol. The Morgan fingerprint density at radius 3 is 0.525 bits per heavy atom. The molecule has 0 fully saturated rings. The molecule has 0 atom stereocenters. The summed E-state index contributed by atoms with van der Waals surface area (Å²) >= 11 is 15.1. The standard InChI is InChI=1S/C64H82N8S8/c1-57(2,3)73-41-25-33-34(26-42(41)74-58(4,5)6)50-65-49(33)69-51-35-27-43(75-59(7,8)9)44(76-60(10,11)12)28-36(35)53(66-51)71-55-39-31-47(79-63(19,20)21)48(80-64(22,23)24)32-40(39)56(68-55)72-54-38-30-46(78-62(16,17)18)45(77-61(13,14)15)29-37(38)52(67-54)70-50/h25-32H,1-24H3,(H2,65,66,67,68,69,70,71,72). The van der Waals surface area contributed by atoms with Crippen molar-refractivity contribution in [3.05, 3.63) is 48.5 Å². The average Bonchev–Trinajstić information content (AvgIpc) is 3.97. The summed E-state index contributed by atoms with van der Waals surface area (Å²) in [5, 5.41) is 3.88. The normalized spacial score (nSPS) is 13.9. The maximum Gasteiger partial charge on any atom is 0.164 e. The minimum Gasteiger partial charge on any atom is -0.324 e. The van der Waals surface area contributed by atoms with Crippen molar-refractivity contribution >= 4 is 138 Å². The van der Waals surface area contributed by atoms with Crippen LogP contribution in [0.2, 0.25) is 0 Å². The van der Waals surface area contributed by atoms with E-state index in [1.165, 1.54) is 39.2 Å². The minimum atomic E-state index is -0.0540. The van der Waals surface area contributed by atoms with Gasteiger partial charge in [0.2, 0.25) is 0 Å². The third kappa shape index (κ3) is 15.1. The number of hydrogen-bond acceptors (Lipinski definition) is 14. The highest BCUT2D eigenvalue weighted by atomic mass is 32.2. The first-order valence-electron chi connectivity index (χ1n) is 27.6. The van der Waals surface area contributed by atoms with Crippen LogP contribution < -0.4 is 0 Å². The maximum atomic E-state index is 5.65. The van der Waals surface area contributed by atoms with E-state index >= 15 is 0 Å². The van der Waals surface area contributed by atoms with Gasteiger partial charge in [0, 0.05) is 121 Å². The third-order valence-electron chi connectivity index (χ3n) is 11.4. The molecule has 0 unspecified atom stereocenters. The van der Waals surface area contributed by atoms with Crippen LogP contribution in [0.25, 0.3) is 89.7 Å². The van der Waals surface area contributed by atoms with Gasteiger partial charge in [-0.15, -0.1) is 94.1 Å². The highest BCUT2D eigenvalue weighted by Gasteiger charge is 2.31. The fourth-order valence-electron chi connectivity index (χ4n) is 9.09. The number of H-pyrrole nitrogens is 2. The van der Waals surface area contributed by atoms with Gasteiger partial charge in [-0.3, -0.25) is 0 Å². The zero-order chi connectivity index (χ0) is 58.8. The van der Waals surface area contributed by atoms with Crippen molar-refractivity contribution in [3.8, 4) is 45.6 Å². The number of aromatic nitrogens is 8. The molecule has 2 aliphatic rings. The van der Waals surface area contributed by atoms with Crippen LogP contribution in [-0.4, -0.2) is 77.8 Å². The van der Waals surface area contributed by atoms with Crippen molar-refractivity contribution in [1.29, 1.82) is 0 Å². The Morgan fingerprint density at radius 1 is 0.225 bits per heavy atom. The van der Waals surface area contributed by atoms with Crippen LogP contribution >= 0.6 is 94.1 Å². The number of nitrogens with zero attached hydrogens (tertiary/aromatic N) is 6. The smallest absolute Gasteiger partial charge is 0.164 e. The molecule has 2 N–H and O–H groups in total. The fourth-order valence-corrected chi connectivity index (χ4v) is 18.1. The Morgan fingerprint density at radius 2 is 0.375 bits per heavy atom. The van der Waals surface area contributed by atoms with E-state index in [0.717, 1.165) is 43.8 Å². The first kappa shape index (κ1) is 61.6. The summed E-state index contributed by atoms with van der Waals surface area (Å²) in [4.78, 5) is 50.9. The lowest BCUT2D eigenvalue weighted by Gasteiger charge is -2.24. The number of thioether (sulfide) groups is 8.